The van der Waals surface area contributed by atoms with Gasteiger partial charge in [-0.25, -0.2) is 0 Å². The quantitative estimate of drug-likeness (QED) is 0.791. The van der Waals surface area contributed by atoms with Crippen LogP contribution in [-0.2, 0) is 6.54 Å². The van der Waals surface area contributed by atoms with E-state index in [9.17, 15) is 0 Å². The van der Waals surface area contributed by atoms with Crippen molar-refractivity contribution in [2.24, 2.45) is 5.92 Å². The highest BCUT2D eigenvalue weighted by molar-refractivity contribution is 5.24. The Bertz CT molecular complexity index is 312. The SMILES string of the molecule is CC(C)c1ccc(CNCC2CNC2)cc1. The Morgan fingerprint density at radius 3 is 2.44 bits per heavy atom. The van der Waals surface area contributed by atoms with Crippen LogP contribution < -0.4 is 10.6 Å². The van der Waals surface area contributed by atoms with E-state index in [1.54, 1.807) is 0 Å². The van der Waals surface area contributed by atoms with Crippen molar-refractivity contribution in [1.82, 2.24) is 10.6 Å². The fourth-order valence-electron chi connectivity index (χ4n) is 1.93. The van der Waals surface area contributed by atoms with Gasteiger partial charge in [0.25, 0.3) is 0 Å². The Balaban J connectivity index is 1.75. The van der Waals surface area contributed by atoms with Crippen LogP contribution in [0.15, 0.2) is 24.3 Å². The average molecular weight is 218 g/mol. The molecule has 0 unspecified atom stereocenters. The first-order valence-electron chi connectivity index (χ1n) is 6.26. The third kappa shape index (κ3) is 3.06. The van der Waals surface area contributed by atoms with Gasteiger partial charge in [0.05, 0.1) is 0 Å². The van der Waals surface area contributed by atoms with Gasteiger partial charge in [-0.05, 0) is 23.0 Å². The van der Waals surface area contributed by atoms with Gasteiger partial charge in [-0.3, -0.25) is 0 Å². The van der Waals surface area contributed by atoms with Gasteiger partial charge in [-0.2, -0.15) is 0 Å². The van der Waals surface area contributed by atoms with Gasteiger partial charge in [0, 0.05) is 26.2 Å². The molecule has 1 aliphatic rings. The Kier molecular flexibility index (Phi) is 3.97. The molecule has 2 rings (SSSR count). The number of rotatable bonds is 5. The minimum atomic E-state index is 0.628. The Morgan fingerprint density at radius 2 is 1.94 bits per heavy atom. The molecule has 0 atom stereocenters. The molecule has 16 heavy (non-hydrogen) atoms. The van der Waals surface area contributed by atoms with E-state index in [0.29, 0.717) is 5.92 Å². The van der Waals surface area contributed by atoms with E-state index in [0.717, 1.165) is 19.0 Å². The molecule has 0 saturated carbocycles. The zero-order valence-electron chi connectivity index (χ0n) is 10.3. The molecule has 0 amide bonds. The van der Waals surface area contributed by atoms with E-state index in [-0.39, 0.29) is 0 Å². The third-order valence-electron chi connectivity index (χ3n) is 3.27. The lowest BCUT2D eigenvalue weighted by Crippen LogP contribution is -2.47. The van der Waals surface area contributed by atoms with Crippen molar-refractivity contribution in [1.29, 1.82) is 0 Å². The van der Waals surface area contributed by atoms with Crippen LogP contribution in [0, 0.1) is 5.92 Å². The summed E-state index contributed by atoms with van der Waals surface area (Å²) in [6.07, 6.45) is 0. The van der Waals surface area contributed by atoms with Crippen molar-refractivity contribution in [2.75, 3.05) is 19.6 Å². The van der Waals surface area contributed by atoms with Crippen molar-refractivity contribution >= 4 is 0 Å². The molecule has 0 aliphatic carbocycles. The molecule has 0 radical (unpaired) electrons. The summed E-state index contributed by atoms with van der Waals surface area (Å²) in [5.74, 6) is 1.47. The molecule has 2 heteroatoms. The van der Waals surface area contributed by atoms with Gasteiger partial charge in [0.2, 0.25) is 0 Å². The van der Waals surface area contributed by atoms with E-state index < -0.39 is 0 Å². The van der Waals surface area contributed by atoms with Crippen LogP contribution in [0.4, 0.5) is 0 Å². The molecule has 1 aromatic carbocycles. The maximum absolute atomic E-state index is 3.51. The topological polar surface area (TPSA) is 24.1 Å². The predicted octanol–water partition coefficient (Wildman–Crippen LogP) is 2.12. The monoisotopic (exact) mass is 218 g/mol. The fraction of sp³-hybridized carbons (Fsp3) is 0.571. The van der Waals surface area contributed by atoms with Crippen LogP contribution in [0.1, 0.15) is 30.9 Å². The highest BCUT2D eigenvalue weighted by atomic mass is 15.0. The molecule has 2 N–H and O–H groups in total. The summed E-state index contributed by atoms with van der Waals surface area (Å²) in [5.41, 5.74) is 2.81. The molecule has 88 valence electrons. The van der Waals surface area contributed by atoms with Gasteiger partial charge in [-0.1, -0.05) is 38.1 Å². The summed E-state index contributed by atoms with van der Waals surface area (Å²) < 4.78 is 0. The average Bonchev–Trinajstić information content (AvgIpc) is 2.22. The molecule has 1 heterocycles. The highest BCUT2D eigenvalue weighted by Gasteiger charge is 2.15. The molecular formula is C14H22N2. The molecule has 1 fully saturated rings. The van der Waals surface area contributed by atoms with Crippen LogP contribution in [0.3, 0.4) is 0 Å². The maximum Gasteiger partial charge on any atom is 0.0205 e. The summed E-state index contributed by atoms with van der Waals surface area (Å²) in [6.45, 7) is 8.96. The summed E-state index contributed by atoms with van der Waals surface area (Å²) in [5, 5.41) is 6.80. The molecule has 0 spiro atoms. The van der Waals surface area contributed by atoms with Crippen LogP contribution in [0.25, 0.3) is 0 Å². The number of hydrogen-bond donors (Lipinski definition) is 2. The summed E-state index contributed by atoms with van der Waals surface area (Å²) in [4.78, 5) is 0. The van der Waals surface area contributed by atoms with E-state index in [4.69, 9.17) is 0 Å². The Morgan fingerprint density at radius 1 is 1.25 bits per heavy atom. The molecule has 2 nitrogen and oxygen atoms in total. The lowest BCUT2D eigenvalue weighted by Gasteiger charge is -2.27. The van der Waals surface area contributed by atoms with Crippen molar-refractivity contribution in [2.45, 2.75) is 26.3 Å². The predicted molar refractivity (Wildman–Crippen MR) is 68.6 cm³/mol. The van der Waals surface area contributed by atoms with E-state index in [1.807, 2.05) is 0 Å². The lowest BCUT2D eigenvalue weighted by atomic mass is 10.0. The van der Waals surface area contributed by atoms with Crippen molar-refractivity contribution in [3.05, 3.63) is 35.4 Å². The summed E-state index contributed by atoms with van der Waals surface area (Å²) >= 11 is 0. The number of hydrogen-bond acceptors (Lipinski definition) is 2. The van der Waals surface area contributed by atoms with Crippen molar-refractivity contribution in [3.8, 4) is 0 Å². The van der Waals surface area contributed by atoms with Crippen LogP contribution in [0.5, 0.6) is 0 Å². The summed E-state index contributed by atoms with van der Waals surface area (Å²) in [6, 6.07) is 8.96. The first-order valence-corrected chi connectivity index (χ1v) is 6.26. The largest absolute Gasteiger partial charge is 0.316 e. The molecule has 0 bridgehead atoms. The van der Waals surface area contributed by atoms with Crippen molar-refractivity contribution < 1.29 is 0 Å². The fourth-order valence-corrected chi connectivity index (χ4v) is 1.93. The lowest BCUT2D eigenvalue weighted by molar-refractivity contribution is 0.331. The molecule has 1 saturated heterocycles. The smallest absolute Gasteiger partial charge is 0.0205 e. The van der Waals surface area contributed by atoms with Gasteiger partial charge < -0.3 is 10.6 Å². The molecule has 0 aromatic heterocycles. The van der Waals surface area contributed by atoms with Crippen LogP contribution in [0.2, 0.25) is 0 Å². The standard InChI is InChI=1S/C14H22N2/c1-11(2)14-5-3-12(4-6-14)7-15-8-13-9-16-10-13/h3-6,11,13,15-16H,7-10H2,1-2H3. The molecular weight excluding hydrogens is 196 g/mol. The van der Waals surface area contributed by atoms with Gasteiger partial charge in [-0.15, -0.1) is 0 Å². The van der Waals surface area contributed by atoms with Gasteiger partial charge in [0.1, 0.15) is 0 Å². The van der Waals surface area contributed by atoms with Gasteiger partial charge >= 0.3 is 0 Å². The van der Waals surface area contributed by atoms with E-state index in [2.05, 4.69) is 48.7 Å². The zero-order valence-corrected chi connectivity index (χ0v) is 10.3. The minimum Gasteiger partial charge on any atom is -0.316 e. The second kappa shape index (κ2) is 5.46. The Hall–Kier alpha value is -0.860. The Labute approximate surface area is 98.4 Å². The second-order valence-electron chi connectivity index (χ2n) is 5.05. The van der Waals surface area contributed by atoms with Crippen LogP contribution >= 0.6 is 0 Å². The molecule has 1 aliphatic heterocycles. The van der Waals surface area contributed by atoms with E-state index in [1.165, 1.54) is 24.2 Å². The first kappa shape index (κ1) is 11.6. The maximum atomic E-state index is 3.51. The normalized spacial score (nSPS) is 16.4. The van der Waals surface area contributed by atoms with E-state index >= 15 is 0 Å². The highest BCUT2D eigenvalue weighted by Crippen LogP contribution is 2.14. The zero-order chi connectivity index (χ0) is 11.4. The number of nitrogens with one attached hydrogen (secondary N) is 2. The first-order chi connectivity index (χ1) is 7.75. The molecule has 1 aromatic rings. The van der Waals surface area contributed by atoms with Gasteiger partial charge in [0.15, 0.2) is 0 Å². The summed E-state index contributed by atoms with van der Waals surface area (Å²) in [7, 11) is 0. The number of benzene rings is 1. The third-order valence-corrected chi connectivity index (χ3v) is 3.27. The van der Waals surface area contributed by atoms with Crippen molar-refractivity contribution in [3.63, 3.8) is 0 Å². The minimum absolute atomic E-state index is 0.628. The van der Waals surface area contributed by atoms with Crippen LogP contribution in [-0.4, -0.2) is 19.6 Å². The second-order valence-corrected chi connectivity index (χ2v) is 5.05.